The van der Waals surface area contributed by atoms with Gasteiger partial charge in [-0.05, 0) is 31.0 Å². The Hall–Kier alpha value is -0.760. The van der Waals surface area contributed by atoms with Gasteiger partial charge in [-0.3, -0.25) is 0 Å². The molecule has 1 heterocycles. The summed E-state index contributed by atoms with van der Waals surface area (Å²) in [7, 11) is 0. The molecule has 0 spiro atoms. The van der Waals surface area contributed by atoms with E-state index in [9.17, 15) is 0 Å². The van der Waals surface area contributed by atoms with E-state index in [0.29, 0.717) is 0 Å². The molecule has 2 heteroatoms. The maximum Gasteiger partial charge on any atom is 0.00405 e. The summed E-state index contributed by atoms with van der Waals surface area (Å²) in [6, 6.07) is 0. The van der Waals surface area contributed by atoms with Gasteiger partial charge in [-0.2, -0.15) is 0 Å². The van der Waals surface area contributed by atoms with Crippen LogP contribution in [0.5, 0.6) is 0 Å². The Balaban J connectivity index is 2.69. The van der Waals surface area contributed by atoms with E-state index in [4.69, 9.17) is 5.73 Å². The summed E-state index contributed by atoms with van der Waals surface area (Å²) in [5.74, 6) is 0. The fraction of sp³-hybridized carbons (Fsp3) is 0.429. The minimum Gasteiger partial charge on any atom is -0.367 e. The smallest absolute Gasteiger partial charge is 0.00405 e. The topological polar surface area (TPSA) is 41.8 Å². The highest BCUT2D eigenvalue weighted by atomic mass is 14.6. The van der Waals surface area contributed by atoms with Gasteiger partial charge >= 0.3 is 0 Å². The third-order valence-electron chi connectivity index (χ3n) is 1.48. The third-order valence-corrected chi connectivity index (χ3v) is 1.48. The van der Waals surface area contributed by atoms with Gasteiger partial charge in [-0.1, -0.05) is 0 Å². The number of nitrogens with one attached hydrogen (secondary N) is 1. The second-order valence-corrected chi connectivity index (χ2v) is 2.20. The molecule has 1 rings (SSSR count). The van der Waals surface area contributed by atoms with Gasteiger partial charge in [-0.25, -0.2) is 0 Å². The van der Waals surface area contributed by atoms with Crippen LogP contribution in [0.25, 0.3) is 0 Å². The molecule has 1 aromatic heterocycles. The van der Waals surface area contributed by atoms with Crippen LogP contribution in [0.4, 0.5) is 0 Å². The van der Waals surface area contributed by atoms with Crippen molar-refractivity contribution in [2.45, 2.75) is 13.3 Å². The third kappa shape index (κ3) is 1.33. The highest BCUT2D eigenvalue weighted by Crippen LogP contribution is 2.04. The Kier molecular flexibility index (Phi) is 1.90. The molecule has 0 saturated carbocycles. The van der Waals surface area contributed by atoms with Gasteiger partial charge in [0.05, 0.1) is 0 Å². The Morgan fingerprint density at radius 1 is 1.56 bits per heavy atom. The monoisotopic (exact) mass is 124 g/mol. The summed E-state index contributed by atoms with van der Waals surface area (Å²) in [6.07, 6.45) is 4.97. The predicted molar refractivity (Wildman–Crippen MR) is 38.3 cm³/mol. The van der Waals surface area contributed by atoms with Gasteiger partial charge in [0.1, 0.15) is 0 Å². The normalized spacial score (nSPS) is 10.0. The summed E-state index contributed by atoms with van der Waals surface area (Å²) in [6.45, 7) is 2.82. The molecule has 50 valence electrons. The van der Waals surface area contributed by atoms with E-state index in [1.165, 1.54) is 11.1 Å². The second-order valence-electron chi connectivity index (χ2n) is 2.20. The molecule has 9 heavy (non-hydrogen) atoms. The zero-order chi connectivity index (χ0) is 6.69. The molecule has 0 amide bonds. The average molecular weight is 124 g/mol. The van der Waals surface area contributed by atoms with E-state index < -0.39 is 0 Å². The van der Waals surface area contributed by atoms with Gasteiger partial charge in [0.25, 0.3) is 0 Å². The number of hydrogen-bond donors (Lipinski definition) is 2. The Morgan fingerprint density at radius 2 is 2.33 bits per heavy atom. The van der Waals surface area contributed by atoms with Crippen molar-refractivity contribution in [3.63, 3.8) is 0 Å². The van der Waals surface area contributed by atoms with E-state index >= 15 is 0 Å². The summed E-state index contributed by atoms with van der Waals surface area (Å²) in [5.41, 5.74) is 8.01. The minimum absolute atomic E-state index is 0.735. The standard InChI is InChI=1S/C7H12N2/c1-6-4-9-5-7(6)2-3-8/h4-5,9H,2-3,8H2,1H3. The van der Waals surface area contributed by atoms with Crippen molar-refractivity contribution >= 4 is 0 Å². The van der Waals surface area contributed by atoms with E-state index in [1.807, 2.05) is 12.4 Å². The van der Waals surface area contributed by atoms with Crippen LogP contribution in [-0.2, 0) is 6.42 Å². The first kappa shape index (κ1) is 6.36. The van der Waals surface area contributed by atoms with Crippen molar-refractivity contribution in [2.75, 3.05) is 6.54 Å². The van der Waals surface area contributed by atoms with Crippen LogP contribution in [-0.4, -0.2) is 11.5 Å². The molecule has 1 aromatic rings. The van der Waals surface area contributed by atoms with Crippen LogP contribution in [0.1, 0.15) is 11.1 Å². The first-order valence-corrected chi connectivity index (χ1v) is 3.17. The molecule has 0 fully saturated rings. The van der Waals surface area contributed by atoms with Crippen LogP contribution >= 0.6 is 0 Å². The number of hydrogen-bond acceptors (Lipinski definition) is 1. The molecule has 0 aliphatic rings. The molecule has 0 aromatic carbocycles. The van der Waals surface area contributed by atoms with Crippen LogP contribution < -0.4 is 5.73 Å². The number of aromatic amines is 1. The highest BCUT2D eigenvalue weighted by molar-refractivity contribution is 5.21. The molecule has 0 aliphatic carbocycles. The van der Waals surface area contributed by atoms with Crippen molar-refractivity contribution in [3.8, 4) is 0 Å². The lowest BCUT2D eigenvalue weighted by atomic mass is 10.2. The number of nitrogens with two attached hydrogens (primary N) is 1. The molecule has 0 saturated heterocycles. The van der Waals surface area contributed by atoms with Crippen molar-refractivity contribution in [2.24, 2.45) is 5.73 Å². The van der Waals surface area contributed by atoms with Crippen LogP contribution in [0.15, 0.2) is 12.4 Å². The summed E-state index contributed by atoms with van der Waals surface area (Å²) in [4.78, 5) is 3.03. The van der Waals surface area contributed by atoms with E-state index in [-0.39, 0.29) is 0 Å². The lowest BCUT2D eigenvalue weighted by Gasteiger charge is -1.92. The second kappa shape index (κ2) is 2.69. The lowest BCUT2D eigenvalue weighted by molar-refractivity contribution is 0.962. The number of aromatic nitrogens is 1. The van der Waals surface area contributed by atoms with E-state index in [1.54, 1.807) is 0 Å². The van der Waals surface area contributed by atoms with Crippen LogP contribution in [0.2, 0.25) is 0 Å². The SMILES string of the molecule is Cc1c[nH]cc1CCN. The highest BCUT2D eigenvalue weighted by Gasteiger charge is 1.94. The summed E-state index contributed by atoms with van der Waals surface area (Å²) in [5, 5.41) is 0. The van der Waals surface area contributed by atoms with E-state index in [0.717, 1.165) is 13.0 Å². The lowest BCUT2D eigenvalue weighted by Crippen LogP contribution is -2.02. The quantitative estimate of drug-likeness (QED) is 0.602. The zero-order valence-electron chi connectivity index (χ0n) is 5.65. The molecule has 2 nitrogen and oxygen atoms in total. The van der Waals surface area contributed by atoms with Crippen LogP contribution in [0.3, 0.4) is 0 Å². The number of H-pyrrole nitrogens is 1. The van der Waals surface area contributed by atoms with Crippen LogP contribution in [0, 0.1) is 6.92 Å². The molecule has 0 unspecified atom stereocenters. The number of rotatable bonds is 2. The molecule has 0 aliphatic heterocycles. The van der Waals surface area contributed by atoms with Gasteiger partial charge in [0, 0.05) is 12.4 Å². The van der Waals surface area contributed by atoms with Gasteiger partial charge < -0.3 is 10.7 Å². The molecular formula is C7H12N2. The largest absolute Gasteiger partial charge is 0.367 e. The fourth-order valence-electron chi connectivity index (χ4n) is 0.899. The number of aryl methyl sites for hydroxylation is 1. The van der Waals surface area contributed by atoms with Crippen molar-refractivity contribution in [1.82, 2.24) is 4.98 Å². The maximum absolute atomic E-state index is 5.37. The van der Waals surface area contributed by atoms with Gasteiger partial charge in [0.15, 0.2) is 0 Å². The first-order chi connectivity index (χ1) is 4.34. The van der Waals surface area contributed by atoms with Gasteiger partial charge in [0.2, 0.25) is 0 Å². The Morgan fingerprint density at radius 3 is 2.78 bits per heavy atom. The van der Waals surface area contributed by atoms with Crippen molar-refractivity contribution in [3.05, 3.63) is 23.5 Å². The zero-order valence-corrected chi connectivity index (χ0v) is 5.65. The summed E-state index contributed by atoms with van der Waals surface area (Å²) < 4.78 is 0. The van der Waals surface area contributed by atoms with E-state index in [2.05, 4.69) is 11.9 Å². The predicted octanol–water partition coefficient (Wildman–Crippen LogP) is 0.824. The van der Waals surface area contributed by atoms with Crippen molar-refractivity contribution in [1.29, 1.82) is 0 Å². The van der Waals surface area contributed by atoms with Crippen molar-refractivity contribution < 1.29 is 0 Å². The molecule has 0 atom stereocenters. The fourth-order valence-corrected chi connectivity index (χ4v) is 0.899. The minimum atomic E-state index is 0.735. The first-order valence-electron chi connectivity index (χ1n) is 3.17. The molecule has 0 radical (unpaired) electrons. The maximum atomic E-state index is 5.37. The Bertz CT molecular complexity index is 179. The average Bonchev–Trinajstić information content (AvgIpc) is 2.18. The molecular weight excluding hydrogens is 112 g/mol. The molecule has 3 N–H and O–H groups in total. The Labute approximate surface area is 55.1 Å². The summed E-state index contributed by atoms with van der Waals surface area (Å²) >= 11 is 0. The molecule has 0 bridgehead atoms. The van der Waals surface area contributed by atoms with Gasteiger partial charge in [-0.15, -0.1) is 0 Å².